The van der Waals surface area contributed by atoms with Gasteiger partial charge in [0.05, 0.1) is 5.39 Å². The first-order chi connectivity index (χ1) is 11.3. The molecule has 1 N–H and O–H groups in total. The molecule has 1 aliphatic carbocycles. The van der Waals surface area contributed by atoms with Crippen LogP contribution in [-0.4, -0.2) is 54.5 Å². The van der Waals surface area contributed by atoms with E-state index in [9.17, 15) is 4.79 Å². The number of amides is 1. The highest BCUT2D eigenvalue weighted by Gasteiger charge is 2.23. The van der Waals surface area contributed by atoms with Crippen LogP contribution in [0, 0.1) is 0 Å². The minimum absolute atomic E-state index is 0.737. The summed E-state index contributed by atoms with van der Waals surface area (Å²) >= 11 is 1.83. The van der Waals surface area contributed by atoms with Crippen molar-refractivity contribution in [3.63, 3.8) is 0 Å². The third kappa shape index (κ3) is 2.52. The molecule has 6 nitrogen and oxygen atoms in total. The number of hydrogen-bond acceptors (Lipinski definition) is 6. The molecule has 0 radical (unpaired) electrons. The first kappa shape index (κ1) is 14.7. The van der Waals surface area contributed by atoms with Crippen LogP contribution >= 0.6 is 11.3 Å². The predicted octanol–water partition coefficient (Wildman–Crippen LogP) is 1.89. The minimum atomic E-state index is 0.737. The number of fused-ring (bicyclic) bond motifs is 3. The predicted molar refractivity (Wildman–Crippen MR) is 93.5 cm³/mol. The second-order valence-corrected chi connectivity index (χ2v) is 7.23. The molecule has 7 heteroatoms. The van der Waals surface area contributed by atoms with Crippen molar-refractivity contribution in [2.45, 2.75) is 25.7 Å². The van der Waals surface area contributed by atoms with E-state index in [0.717, 1.165) is 55.6 Å². The number of hydrogen-bond donors (Lipinski definition) is 1. The summed E-state index contributed by atoms with van der Waals surface area (Å²) in [5.41, 5.74) is 1.46. The van der Waals surface area contributed by atoms with Gasteiger partial charge in [0.2, 0.25) is 12.4 Å². The van der Waals surface area contributed by atoms with E-state index < -0.39 is 0 Å². The molecule has 1 aliphatic heterocycles. The molecule has 0 atom stereocenters. The number of carbonyl (C=O) groups excluding carboxylic acids is 1. The summed E-state index contributed by atoms with van der Waals surface area (Å²) in [6.07, 6.45) is 5.78. The Morgan fingerprint density at radius 2 is 1.91 bits per heavy atom. The zero-order valence-electron chi connectivity index (χ0n) is 13.3. The second kappa shape index (κ2) is 5.96. The zero-order chi connectivity index (χ0) is 15.8. The fourth-order valence-corrected chi connectivity index (χ4v) is 4.75. The monoisotopic (exact) mass is 331 g/mol. The Bertz CT molecular complexity index is 736. The van der Waals surface area contributed by atoms with E-state index in [1.165, 1.54) is 35.1 Å². The third-order valence-electron chi connectivity index (χ3n) is 4.79. The lowest BCUT2D eigenvalue weighted by molar-refractivity contribution is -0.118. The van der Waals surface area contributed by atoms with Crippen LogP contribution in [0.4, 0.5) is 11.8 Å². The van der Waals surface area contributed by atoms with Crippen molar-refractivity contribution >= 4 is 39.7 Å². The molecular formula is C16H21N5OS. The van der Waals surface area contributed by atoms with Gasteiger partial charge in [0.15, 0.2) is 0 Å². The molecule has 2 aliphatic rings. The van der Waals surface area contributed by atoms with Crippen LogP contribution in [0.2, 0.25) is 0 Å². The van der Waals surface area contributed by atoms with Crippen LogP contribution in [0.3, 0.4) is 0 Å². The lowest BCUT2D eigenvalue weighted by Crippen LogP contribution is -2.46. The van der Waals surface area contributed by atoms with E-state index in [1.807, 2.05) is 18.4 Å². The molecule has 1 saturated heterocycles. The van der Waals surface area contributed by atoms with E-state index in [-0.39, 0.29) is 0 Å². The number of anilines is 2. The highest BCUT2D eigenvalue weighted by molar-refractivity contribution is 7.19. The van der Waals surface area contributed by atoms with Gasteiger partial charge in [0.25, 0.3) is 0 Å². The molecule has 122 valence electrons. The molecule has 4 rings (SSSR count). The van der Waals surface area contributed by atoms with Gasteiger partial charge in [0, 0.05) is 38.1 Å². The zero-order valence-corrected chi connectivity index (χ0v) is 14.2. The van der Waals surface area contributed by atoms with Crippen molar-refractivity contribution in [1.29, 1.82) is 0 Å². The van der Waals surface area contributed by atoms with Crippen molar-refractivity contribution in [2.75, 3.05) is 43.4 Å². The van der Waals surface area contributed by atoms with Crippen LogP contribution in [-0.2, 0) is 17.6 Å². The van der Waals surface area contributed by atoms with Gasteiger partial charge < -0.3 is 15.1 Å². The number of nitrogens with one attached hydrogen (secondary N) is 1. The van der Waals surface area contributed by atoms with Crippen LogP contribution < -0.4 is 10.2 Å². The molecule has 1 fully saturated rings. The van der Waals surface area contributed by atoms with Gasteiger partial charge in [-0.3, -0.25) is 4.79 Å². The van der Waals surface area contributed by atoms with E-state index in [4.69, 9.17) is 9.97 Å². The van der Waals surface area contributed by atoms with Crippen LogP contribution in [0.15, 0.2) is 0 Å². The van der Waals surface area contributed by atoms with Gasteiger partial charge in [0.1, 0.15) is 10.6 Å². The lowest BCUT2D eigenvalue weighted by atomic mass is 9.97. The van der Waals surface area contributed by atoms with Crippen molar-refractivity contribution in [3.05, 3.63) is 10.4 Å². The molecule has 23 heavy (non-hydrogen) atoms. The number of piperazine rings is 1. The molecule has 1 amide bonds. The normalized spacial score (nSPS) is 18.1. The summed E-state index contributed by atoms with van der Waals surface area (Å²) in [6.45, 7) is 3.05. The molecular weight excluding hydrogens is 310 g/mol. The Morgan fingerprint density at radius 3 is 2.65 bits per heavy atom. The van der Waals surface area contributed by atoms with E-state index >= 15 is 0 Å². The standard InChI is InChI=1S/C16H21N5OS/c1-17-14-13-11-4-2-3-5-12(11)23-15(13)19-16(18-14)21-8-6-20(10-22)7-9-21/h10H,2-9H2,1H3,(H,17,18,19). The Balaban J connectivity index is 1.73. The van der Waals surface area contributed by atoms with Gasteiger partial charge in [-0.1, -0.05) is 0 Å². The van der Waals surface area contributed by atoms with Crippen molar-refractivity contribution in [2.24, 2.45) is 0 Å². The summed E-state index contributed by atoms with van der Waals surface area (Å²) in [5.74, 6) is 1.73. The second-order valence-electron chi connectivity index (χ2n) is 6.14. The fourth-order valence-electron chi connectivity index (χ4n) is 3.50. The summed E-state index contributed by atoms with van der Waals surface area (Å²) < 4.78 is 0. The van der Waals surface area contributed by atoms with E-state index in [1.54, 1.807) is 4.90 Å². The first-order valence-corrected chi connectivity index (χ1v) is 9.06. The summed E-state index contributed by atoms with van der Waals surface area (Å²) in [4.78, 5) is 27.1. The quantitative estimate of drug-likeness (QED) is 0.870. The van der Waals surface area contributed by atoms with Gasteiger partial charge >= 0.3 is 0 Å². The smallest absolute Gasteiger partial charge is 0.228 e. The molecule has 0 bridgehead atoms. The Hall–Kier alpha value is -1.89. The van der Waals surface area contributed by atoms with Gasteiger partial charge in [-0.15, -0.1) is 11.3 Å². The van der Waals surface area contributed by atoms with Crippen LogP contribution in [0.1, 0.15) is 23.3 Å². The number of aromatic nitrogens is 2. The maximum Gasteiger partial charge on any atom is 0.228 e. The molecule has 2 aromatic heterocycles. The third-order valence-corrected chi connectivity index (χ3v) is 5.97. The molecule has 0 aromatic carbocycles. The summed E-state index contributed by atoms with van der Waals surface area (Å²) in [7, 11) is 1.93. The van der Waals surface area contributed by atoms with Crippen LogP contribution in [0.25, 0.3) is 10.2 Å². The van der Waals surface area contributed by atoms with Crippen molar-refractivity contribution in [3.8, 4) is 0 Å². The Kier molecular flexibility index (Phi) is 3.80. The highest BCUT2D eigenvalue weighted by Crippen LogP contribution is 2.39. The van der Waals surface area contributed by atoms with E-state index in [0.29, 0.717) is 0 Å². The number of rotatable bonds is 3. The number of aryl methyl sites for hydroxylation is 2. The van der Waals surface area contributed by atoms with Gasteiger partial charge in [-0.2, -0.15) is 4.98 Å². The molecule has 0 spiro atoms. The Morgan fingerprint density at radius 1 is 1.13 bits per heavy atom. The molecule has 0 unspecified atom stereocenters. The average Bonchev–Trinajstić information content (AvgIpc) is 2.99. The SMILES string of the molecule is CNc1nc(N2CCN(C=O)CC2)nc2sc3c(c12)CCCC3. The number of carbonyl (C=O) groups is 1. The van der Waals surface area contributed by atoms with Crippen LogP contribution in [0.5, 0.6) is 0 Å². The lowest BCUT2D eigenvalue weighted by Gasteiger charge is -2.32. The Labute approximate surface area is 139 Å². The average molecular weight is 331 g/mol. The molecule has 3 heterocycles. The van der Waals surface area contributed by atoms with Gasteiger partial charge in [-0.25, -0.2) is 4.98 Å². The minimum Gasteiger partial charge on any atom is -0.372 e. The highest BCUT2D eigenvalue weighted by atomic mass is 32.1. The summed E-state index contributed by atoms with van der Waals surface area (Å²) in [6, 6.07) is 0. The number of nitrogens with zero attached hydrogens (tertiary/aromatic N) is 4. The maximum absolute atomic E-state index is 10.9. The fraction of sp³-hybridized carbons (Fsp3) is 0.562. The van der Waals surface area contributed by atoms with Crippen molar-refractivity contribution in [1.82, 2.24) is 14.9 Å². The molecule has 0 saturated carbocycles. The topological polar surface area (TPSA) is 61.4 Å². The number of thiophene rings is 1. The first-order valence-electron chi connectivity index (χ1n) is 8.24. The van der Waals surface area contributed by atoms with Crippen molar-refractivity contribution < 1.29 is 4.79 Å². The van der Waals surface area contributed by atoms with Gasteiger partial charge in [-0.05, 0) is 31.2 Å². The van der Waals surface area contributed by atoms with E-state index in [2.05, 4.69) is 10.2 Å². The summed E-state index contributed by atoms with van der Waals surface area (Å²) in [5, 5.41) is 4.49. The largest absolute Gasteiger partial charge is 0.372 e. The maximum atomic E-state index is 10.9. The molecule has 2 aromatic rings.